The van der Waals surface area contributed by atoms with Gasteiger partial charge >= 0.3 is 11.8 Å². The molecule has 1 rings (SSSR count). The van der Waals surface area contributed by atoms with Gasteiger partial charge in [-0.1, -0.05) is 0 Å². The minimum atomic E-state index is -0.786. The molecule has 1 aliphatic heterocycles. The number of amides is 2. The molecule has 1 aliphatic rings. The summed E-state index contributed by atoms with van der Waals surface area (Å²) >= 11 is 0. The fraction of sp³-hybridized carbons (Fsp3) is 0.750. The predicted molar refractivity (Wildman–Crippen MR) is 52.4 cm³/mol. The van der Waals surface area contributed by atoms with Crippen LogP contribution in [0.4, 0.5) is 0 Å². The van der Waals surface area contributed by atoms with Gasteiger partial charge in [0.05, 0.1) is 6.61 Å². The van der Waals surface area contributed by atoms with Gasteiger partial charge in [-0.05, 0) is 0 Å². The van der Waals surface area contributed by atoms with Gasteiger partial charge in [0.1, 0.15) is 0 Å². The Morgan fingerprint density at radius 3 is 2.33 bits per heavy atom. The molecule has 15 heavy (non-hydrogen) atoms. The third-order valence-corrected chi connectivity index (χ3v) is 2.40. The van der Waals surface area contributed by atoms with E-state index in [0.717, 1.165) is 0 Å². The van der Waals surface area contributed by atoms with E-state index in [2.05, 4.69) is 0 Å². The average Bonchev–Trinajstić information content (AvgIpc) is 2.28. The summed E-state index contributed by atoms with van der Waals surface area (Å²) < 4.78 is 0. The number of hydrazine groups is 1. The predicted octanol–water partition coefficient (Wildman–Crippen LogP) is -2.89. The van der Waals surface area contributed by atoms with Crippen molar-refractivity contribution in [1.29, 1.82) is 0 Å². The lowest BCUT2D eigenvalue weighted by Gasteiger charge is -2.33. The van der Waals surface area contributed by atoms with Gasteiger partial charge in [0.25, 0.3) is 0 Å². The van der Waals surface area contributed by atoms with Crippen LogP contribution in [0.25, 0.3) is 0 Å². The summed E-state index contributed by atoms with van der Waals surface area (Å²) in [6, 6.07) is 0. The molecule has 86 valence electrons. The summed E-state index contributed by atoms with van der Waals surface area (Å²) in [4.78, 5) is 25.8. The normalized spacial score (nSPS) is 17.6. The van der Waals surface area contributed by atoms with Crippen LogP contribution in [0.3, 0.4) is 0 Å². The van der Waals surface area contributed by atoms with Crippen molar-refractivity contribution in [1.82, 2.24) is 15.2 Å². The van der Waals surface area contributed by atoms with Crippen molar-refractivity contribution in [2.45, 2.75) is 0 Å². The van der Waals surface area contributed by atoms with Gasteiger partial charge in [0, 0.05) is 32.7 Å². The number of β-amino-alcohol motifs (C(OH)–C–C–N with tert-alkyl or cyclic N) is 1. The standard InChI is InChI=1S/C8H16N4O3/c9-10-7(14)8(15)12-3-1-11(2-4-12)5-6-13/h13H,1-6,9H2,(H,10,14). The van der Waals surface area contributed by atoms with Gasteiger partial charge in [-0.15, -0.1) is 0 Å². The van der Waals surface area contributed by atoms with E-state index < -0.39 is 11.8 Å². The van der Waals surface area contributed by atoms with Gasteiger partial charge in [0.15, 0.2) is 0 Å². The van der Waals surface area contributed by atoms with E-state index in [1.54, 1.807) is 0 Å². The molecule has 1 fully saturated rings. The molecule has 0 saturated carbocycles. The highest BCUT2D eigenvalue weighted by Crippen LogP contribution is 2.01. The molecule has 0 aromatic carbocycles. The maximum Gasteiger partial charge on any atom is 0.323 e. The third-order valence-electron chi connectivity index (χ3n) is 2.40. The number of rotatable bonds is 2. The van der Waals surface area contributed by atoms with E-state index in [4.69, 9.17) is 10.9 Å². The lowest BCUT2D eigenvalue weighted by molar-refractivity contribution is -0.147. The van der Waals surface area contributed by atoms with E-state index >= 15 is 0 Å². The topological polar surface area (TPSA) is 98.9 Å². The maximum absolute atomic E-state index is 11.4. The molecule has 1 saturated heterocycles. The first kappa shape index (κ1) is 11.9. The largest absolute Gasteiger partial charge is 0.395 e. The Labute approximate surface area is 87.8 Å². The Hall–Kier alpha value is -1.18. The van der Waals surface area contributed by atoms with Crippen LogP contribution in [-0.2, 0) is 9.59 Å². The molecular formula is C8H16N4O3. The second-order valence-corrected chi connectivity index (χ2v) is 3.33. The van der Waals surface area contributed by atoms with Crippen LogP contribution in [-0.4, -0.2) is 66.1 Å². The van der Waals surface area contributed by atoms with Gasteiger partial charge in [-0.3, -0.25) is 19.9 Å². The number of aliphatic hydroxyl groups is 1. The number of carbonyl (C=O) groups excluding carboxylic acids is 2. The highest BCUT2D eigenvalue weighted by Gasteiger charge is 2.24. The zero-order chi connectivity index (χ0) is 11.3. The summed E-state index contributed by atoms with van der Waals surface area (Å²) in [6.07, 6.45) is 0. The van der Waals surface area contributed by atoms with Crippen molar-refractivity contribution in [3.8, 4) is 0 Å². The van der Waals surface area contributed by atoms with Crippen molar-refractivity contribution < 1.29 is 14.7 Å². The first-order valence-corrected chi connectivity index (χ1v) is 4.82. The lowest BCUT2D eigenvalue weighted by Crippen LogP contribution is -2.53. The summed E-state index contributed by atoms with van der Waals surface area (Å²) in [7, 11) is 0. The van der Waals surface area contributed by atoms with Crippen molar-refractivity contribution in [3.63, 3.8) is 0 Å². The van der Waals surface area contributed by atoms with Gasteiger partial charge in [-0.2, -0.15) is 0 Å². The van der Waals surface area contributed by atoms with Gasteiger partial charge < -0.3 is 10.0 Å². The SMILES string of the molecule is NNC(=O)C(=O)N1CCN(CCO)CC1. The molecule has 0 aromatic rings. The smallest absolute Gasteiger partial charge is 0.323 e. The fourth-order valence-electron chi connectivity index (χ4n) is 1.52. The van der Waals surface area contributed by atoms with E-state index in [0.29, 0.717) is 32.7 Å². The van der Waals surface area contributed by atoms with E-state index in [1.807, 2.05) is 10.3 Å². The summed E-state index contributed by atoms with van der Waals surface area (Å²) in [5.41, 5.74) is 1.81. The van der Waals surface area contributed by atoms with Crippen LogP contribution in [0, 0.1) is 0 Å². The number of carbonyl (C=O) groups is 2. The quantitative estimate of drug-likeness (QED) is 0.199. The number of nitrogens with zero attached hydrogens (tertiary/aromatic N) is 2. The van der Waals surface area contributed by atoms with Gasteiger partial charge in [-0.25, -0.2) is 5.84 Å². The summed E-state index contributed by atoms with van der Waals surface area (Å²) in [5, 5.41) is 8.72. The zero-order valence-corrected chi connectivity index (χ0v) is 8.48. The number of piperazine rings is 1. The van der Waals surface area contributed by atoms with Crippen LogP contribution in [0.2, 0.25) is 0 Å². The summed E-state index contributed by atoms with van der Waals surface area (Å²) in [6.45, 7) is 3.04. The molecule has 0 aromatic heterocycles. The number of hydrogen-bond donors (Lipinski definition) is 3. The Bertz CT molecular complexity index is 238. The van der Waals surface area contributed by atoms with Crippen LogP contribution < -0.4 is 11.3 Å². The molecular weight excluding hydrogens is 200 g/mol. The first-order chi connectivity index (χ1) is 7.19. The minimum Gasteiger partial charge on any atom is -0.395 e. The Morgan fingerprint density at radius 1 is 1.27 bits per heavy atom. The Balaban J connectivity index is 2.37. The molecule has 2 amide bonds. The number of aliphatic hydroxyl groups excluding tert-OH is 1. The van der Waals surface area contributed by atoms with Crippen molar-refractivity contribution in [2.24, 2.45) is 5.84 Å². The van der Waals surface area contributed by atoms with Gasteiger partial charge in [0.2, 0.25) is 0 Å². The average molecular weight is 216 g/mol. The number of nitrogens with two attached hydrogens (primary N) is 1. The Kier molecular flexibility index (Phi) is 4.47. The summed E-state index contributed by atoms with van der Waals surface area (Å²) in [5.74, 6) is 3.48. The minimum absolute atomic E-state index is 0.108. The van der Waals surface area contributed by atoms with Crippen LogP contribution >= 0.6 is 0 Å². The van der Waals surface area contributed by atoms with Crippen molar-refractivity contribution in [2.75, 3.05) is 39.3 Å². The second kappa shape index (κ2) is 5.64. The van der Waals surface area contributed by atoms with Crippen LogP contribution in [0.5, 0.6) is 0 Å². The molecule has 0 bridgehead atoms. The molecule has 7 nitrogen and oxygen atoms in total. The highest BCUT2D eigenvalue weighted by molar-refractivity contribution is 6.34. The van der Waals surface area contributed by atoms with E-state index in [-0.39, 0.29) is 6.61 Å². The number of hydrogen-bond acceptors (Lipinski definition) is 5. The highest BCUT2D eigenvalue weighted by atomic mass is 16.3. The lowest BCUT2D eigenvalue weighted by atomic mass is 10.3. The molecule has 0 radical (unpaired) electrons. The van der Waals surface area contributed by atoms with Crippen LogP contribution in [0.1, 0.15) is 0 Å². The first-order valence-electron chi connectivity index (χ1n) is 4.82. The molecule has 0 atom stereocenters. The fourth-order valence-corrected chi connectivity index (χ4v) is 1.52. The maximum atomic E-state index is 11.4. The zero-order valence-electron chi connectivity index (χ0n) is 8.48. The van der Waals surface area contributed by atoms with E-state index in [9.17, 15) is 9.59 Å². The molecule has 0 spiro atoms. The second-order valence-electron chi connectivity index (χ2n) is 3.33. The molecule has 0 aliphatic carbocycles. The number of nitrogens with one attached hydrogen (secondary N) is 1. The third kappa shape index (κ3) is 3.15. The van der Waals surface area contributed by atoms with Crippen molar-refractivity contribution in [3.05, 3.63) is 0 Å². The molecule has 1 heterocycles. The molecule has 0 unspecified atom stereocenters. The molecule has 4 N–H and O–H groups in total. The van der Waals surface area contributed by atoms with Crippen molar-refractivity contribution >= 4 is 11.8 Å². The Morgan fingerprint density at radius 2 is 1.87 bits per heavy atom. The molecule has 7 heteroatoms. The van der Waals surface area contributed by atoms with E-state index in [1.165, 1.54) is 4.90 Å². The van der Waals surface area contributed by atoms with Crippen LogP contribution in [0.15, 0.2) is 0 Å². The monoisotopic (exact) mass is 216 g/mol.